The van der Waals surface area contributed by atoms with Gasteiger partial charge in [0.05, 0.1) is 33.0 Å². The molecule has 2 amide bonds. The third kappa shape index (κ3) is 5.71. The summed E-state index contributed by atoms with van der Waals surface area (Å²) in [7, 11) is 3.16. The van der Waals surface area contributed by atoms with Crippen molar-refractivity contribution in [3.63, 3.8) is 0 Å². The van der Waals surface area contributed by atoms with E-state index in [4.69, 9.17) is 24.7 Å². The minimum atomic E-state index is -1.19. The zero-order chi connectivity index (χ0) is 30.0. The lowest BCUT2D eigenvalue weighted by atomic mass is 10.0. The van der Waals surface area contributed by atoms with Gasteiger partial charge in [0.15, 0.2) is 11.5 Å². The summed E-state index contributed by atoms with van der Waals surface area (Å²) < 4.78 is 22.6. The highest BCUT2D eigenvalue weighted by Gasteiger charge is 2.57. The molecule has 0 radical (unpaired) electrons. The quantitative estimate of drug-likeness (QED) is 0.265. The number of fused-ring (bicyclic) bond motifs is 1. The van der Waals surface area contributed by atoms with Gasteiger partial charge < -0.3 is 24.7 Å². The van der Waals surface area contributed by atoms with Gasteiger partial charge in [-0.15, -0.1) is 0 Å². The number of pyridine rings is 1. The average molecular weight is 583 g/mol. The number of nitrogens with zero attached hydrogens (tertiary/aromatic N) is 3. The third-order valence-electron chi connectivity index (χ3n) is 8.04. The molecule has 0 atom stereocenters. The van der Waals surface area contributed by atoms with Gasteiger partial charge in [-0.1, -0.05) is 12.1 Å². The van der Waals surface area contributed by atoms with E-state index in [9.17, 15) is 9.59 Å². The lowest BCUT2D eigenvalue weighted by molar-refractivity contribution is -0.133. The fraction of sp³-hybridized carbons (Fsp3) is 0.303. The first kappa shape index (κ1) is 28.4. The highest BCUT2D eigenvalue weighted by Crippen LogP contribution is 2.49. The predicted octanol–water partition coefficient (Wildman–Crippen LogP) is 4.81. The van der Waals surface area contributed by atoms with Gasteiger partial charge in [-0.25, -0.2) is 0 Å². The number of aromatic nitrogens is 1. The van der Waals surface area contributed by atoms with Crippen LogP contribution in [0.2, 0.25) is 0 Å². The van der Waals surface area contributed by atoms with Gasteiger partial charge in [0, 0.05) is 48.7 Å². The van der Waals surface area contributed by atoms with E-state index in [1.54, 1.807) is 49.6 Å². The fourth-order valence-electron chi connectivity index (χ4n) is 5.43. The van der Waals surface area contributed by atoms with Crippen LogP contribution in [0.4, 0.5) is 11.4 Å². The van der Waals surface area contributed by atoms with Gasteiger partial charge in [0.1, 0.15) is 16.9 Å². The van der Waals surface area contributed by atoms with Crippen LogP contribution in [-0.4, -0.2) is 62.2 Å². The van der Waals surface area contributed by atoms with E-state index >= 15 is 0 Å². The van der Waals surface area contributed by atoms with Gasteiger partial charge >= 0.3 is 0 Å². The highest BCUT2D eigenvalue weighted by molar-refractivity contribution is 6.16. The molecule has 1 saturated carbocycles. The van der Waals surface area contributed by atoms with Crippen LogP contribution >= 0.6 is 0 Å². The maximum atomic E-state index is 13.9. The van der Waals surface area contributed by atoms with Gasteiger partial charge in [-0.05, 0) is 66.9 Å². The predicted molar refractivity (Wildman–Crippen MR) is 162 cm³/mol. The molecule has 1 aliphatic heterocycles. The SMILES string of the molecule is COc1cc2nccc(Oc3ccc(N(C(=O)C4(C(N)=O)CC4)c4cccc(CN5CCOCC5)c4)cc3)c2cc1OC. The Bertz CT molecular complexity index is 1650. The average Bonchev–Trinajstić information content (AvgIpc) is 3.85. The van der Waals surface area contributed by atoms with E-state index in [-0.39, 0.29) is 5.91 Å². The maximum absolute atomic E-state index is 13.9. The summed E-state index contributed by atoms with van der Waals surface area (Å²) >= 11 is 0. The second-order valence-electron chi connectivity index (χ2n) is 10.8. The molecule has 1 aliphatic carbocycles. The van der Waals surface area contributed by atoms with Crippen LogP contribution in [0.5, 0.6) is 23.0 Å². The summed E-state index contributed by atoms with van der Waals surface area (Å²) in [5.41, 5.74) is 7.59. The van der Waals surface area contributed by atoms with Gasteiger partial charge in [0.25, 0.3) is 0 Å². The topological polar surface area (TPSA) is 116 Å². The number of ether oxygens (including phenoxy) is 4. The fourth-order valence-corrected chi connectivity index (χ4v) is 5.43. The van der Waals surface area contributed by atoms with E-state index in [1.807, 2.05) is 42.5 Å². The van der Waals surface area contributed by atoms with Crippen LogP contribution in [0.3, 0.4) is 0 Å². The minimum Gasteiger partial charge on any atom is -0.493 e. The molecule has 222 valence electrons. The number of anilines is 2. The number of methoxy groups -OCH3 is 2. The third-order valence-corrected chi connectivity index (χ3v) is 8.04. The number of carbonyl (C=O) groups is 2. The number of carbonyl (C=O) groups excluding carboxylic acids is 2. The summed E-state index contributed by atoms with van der Waals surface area (Å²) in [6, 6.07) is 20.5. The minimum absolute atomic E-state index is 0.321. The molecule has 4 aromatic rings. The van der Waals surface area contributed by atoms with Crippen molar-refractivity contribution in [2.45, 2.75) is 19.4 Å². The van der Waals surface area contributed by atoms with Crippen molar-refractivity contribution in [2.24, 2.45) is 11.1 Å². The van der Waals surface area contributed by atoms with Crippen molar-refractivity contribution in [3.05, 3.63) is 78.5 Å². The molecule has 1 aromatic heterocycles. The number of hydrogen-bond acceptors (Lipinski definition) is 8. The molecule has 2 aliphatic rings. The zero-order valence-electron chi connectivity index (χ0n) is 24.2. The molecule has 0 unspecified atom stereocenters. The first-order valence-corrected chi connectivity index (χ1v) is 14.2. The summed E-state index contributed by atoms with van der Waals surface area (Å²) in [5.74, 6) is 1.38. The maximum Gasteiger partial charge on any atom is 0.247 e. The molecular weight excluding hydrogens is 548 g/mol. The Morgan fingerprint density at radius 3 is 2.33 bits per heavy atom. The van der Waals surface area contributed by atoms with Crippen molar-refractivity contribution in [1.29, 1.82) is 0 Å². The molecule has 1 saturated heterocycles. The monoisotopic (exact) mass is 582 g/mol. The Morgan fingerprint density at radius 2 is 1.65 bits per heavy atom. The molecule has 2 heterocycles. The normalized spacial score (nSPS) is 16.0. The molecule has 0 bridgehead atoms. The number of benzene rings is 3. The molecule has 10 heteroatoms. The second kappa shape index (κ2) is 11.9. The molecular formula is C33H34N4O6. The Labute approximate surface area is 249 Å². The first-order valence-electron chi connectivity index (χ1n) is 14.2. The van der Waals surface area contributed by atoms with Crippen LogP contribution in [0.25, 0.3) is 10.9 Å². The Kier molecular flexibility index (Phi) is 7.88. The number of rotatable bonds is 10. The van der Waals surface area contributed by atoms with E-state index in [0.29, 0.717) is 65.9 Å². The Balaban J connectivity index is 1.31. The van der Waals surface area contributed by atoms with E-state index < -0.39 is 11.3 Å². The largest absolute Gasteiger partial charge is 0.493 e. The summed E-state index contributed by atoms with van der Waals surface area (Å²) in [6.07, 6.45) is 2.55. The van der Waals surface area contributed by atoms with E-state index in [1.165, 1.54) is 0 Å². The first-order chi connectivity index (χ1) is 20.9. The molecule has 0 spiro atoms. The lowest BCUT2D eigenvalue weighted by Crippen LogP contribution is -2.41. The summed E-state index contributed by atoms with van der Waals surface area (Å²) in [4.78, 5) is 34.7. The standard InChI is InChI=1S/C33H34N4O6/c1-40-29-19-26-27(20-30(29)41-2)35-13-10-28(26)43-25-8-6-23(7-9-25)37(32(39)33(11-12-33)31(34)38)24-5-3-4-22(18-24)21-36-14-16-42-17-15-36/h3-10,13,18-20H,11-12,14-17,21H2,1-2H3,(H2,34,38). The Morgan fingerprint density at radius 1 is 0.930 bits per heavy atom. The van der Waals surface area contributed by atoms with E-state index in [2.05, 4.69) is 9.88 Å². The van der Waals surface area contributed by atoms with Crippen molar-refractivity contribution >= 4 is 34.1 Å². The summed E-state index contributed by atoms with van der Waals surface area (Å²) in [5, 5.41) is 0.759. The molecule has 43 heavy (non-hydrogen) atoms. The zero-order valence-corrected chi connectivity index (χ0v) is 24.2. The molecule has 2 fully saturated rings. The van der Waals surface area contributed by atoms with Crippen LogP contribution in [0, 0.1) is 5.41 Å². The van der Waals surface area contributed by atoms with Gasteiger partial charge in [-0.2, -0.15) is 0 Å². The van der Waals surface area contributed by atoms with Crippen LogP contribution in [0.15, 0.2) is 72.9 Å². The number of nitrogens with two attached hydrogens (primary N) is 1. The number of primary amides is 1. The molecule has 2 N–H and O–H groups in total. The van der Waals surface area contributed by atoms with Crippen LogP contribution < -0.4 is 24.8 Å². The van der Waals surface area contributed by atoms with Crippen LogP contribution in [-0.2, 0) is 20.9 Å². The van der Waals surface area contributed by atoms with Crippen molar-refractivity contribution < 1.29 is 28.5 Å². The molecule has 3 aromatic carbocycles. The lowest BCUT2D eigenvalue weighted by Gasteiger charge is -2.29. The summed E-state index contributed by atoms with van der Waals surface area (Å²) in [6.45, 7) is 3.86. The van der Waals surface area contributed by atoms with E-state index in [0.717, 1.165) is 30.6 Å². The Hall–Kier alpha value is -4.67. The van der Waals surface area contributed by atoms with Crippen LogP contribution in [0.1, 0.15) is 18.4 Å². The smallest absolute Gasteiger partial charge is 0.247 e. The molecule has 10 nitrogen and oxygen atoms in total. The number of hydrogen-bond donors (Lipinski definition) is 1. The van der Waals surface area contributed by atoms with Crippen molar-refractivity contribution in [2.75, 3.05) is 45.4 Å². The molecule has 6 rings (SSSR count). The van der Waals surface area contributed by atoms with Crippen molar-refractivity contribution in [1.82, 2.24) is 9.88 Å². The van der Waals surface area contributed by atoms with Gasteiger partial charge in [0.2, 0.25) is 11.8 Å². The van der Waals surface area contributed by atoms with Crippen molar-refractivity contribution in [3.8, 4) is 23.0 Å². The number of morpholine rings is 1. The second-order valence-corrected chi connectivity index (χ2v) is 10.8. The van der Waals surface area contributed by atoms with Gasteiger partial charge in [-0.3, -0.25) is 24.4 Å². The number of amides is 2. The highest BCUT2D eigenvalue weighted by atomic mass is 16.5.